The Kier molecular flexibility index (Phi) is 11.2. The Morgan fingerprint density at radius 2 is 1.61 bits per heavy atom. The largest absolute Gasteiger partial charge is 0.456 e. The van der Waals surface area contributed by atoms with E-state index < -0.39 is 107 Å². The van der Waals surface area contributed by atoms with Gasteiger partial charge in [0.2, 0.25) is 5.91 Å². The highest BCUT2D eigenvalue weighted by Crippen LogP contribution is 2.64. The van der Waals surface area contributed by atoms with Gasteiger partial charge in [-0.2, -0.15) is 0 Å². The second-order valence-corrected chi connectivity index (χ2v) is 16.4. The first-order chi connectivity index (χ1) is 26.8. The van der Waals surface area contributed by atoms with Crippen molar-refractivity contribution in [3.63, 3.8) is 0 Å². The zero-order chi connectivity index (χ0) is 41.8. The first-order valence-corrected chi connectivity index (χ1v) is 19.1. The molecule has 5 N–H and O–H groups in total. The molecule has 6 rings (SSSR count). The summed E-state index contributed by atoms with van der Waals surface area (Å²) in [5, 5.41) is 51.6. The highest BCUT2D eigenvalue weighted by molar-refractivity contribution is 5.95. The van der Waals surface area contributed by atoms with Crippen LogP contribution in [-0.2, 0) is 38.1 Å². The van der Waals surface area contributed by atoms with Gasteiger partial charge >= 0.3 is 17.9 Å². The molecule has 3 aliphatic carbocycles. The van der Waals surface area contributed by atoms with E-state index >= 15 is 0 Å². The average molecular weight is 790 g/mol. The summed E-state index contributed by atoms with van der Waals surface area (Å²) in [5.41, 5.74) is -6.91. The van der Waals surface area contributed by atoms with Crippen molar-refractivity contribution in [3.8, 4) is 0 Å². The minimum atomic E-state index is -2.34. The van der Waals surface area contributed by atoms with E-state index in [4.69, 9.17) is 18.9 Å². The third-order valence-electron chi connectivity index (χ3n) is 12.9. The van der Waals surface area contributed by atoms with Crippen LogP contribution in [0.2, 0.25) is 0 Å². The van der Waals surface area contributed by atoms with Gasteiger partial charge in [-0.05, 0) is 49.1 Å². The number of fused-ring (bicyclic) bond motifs is 5. The summed E-state index contributed by atoms with van der Waals surface area (Å²) >= 11 is 0. The molecule has 2 aromatic rings. The molecule has 14 heteroatoms. The standard InChI is InChI=1S/C43H51NO13/c1-8-22(2)37(50)44-31(25-15-11-9-12-16-25)33(48)39(52)55-27-20-43(53)36(56-38(51)26-17-13-10-14-18-26)34-41(7,35(49)32(47)30(23(27)3)40(43,5)6)28(46)19-29-42(34,21-54-29)57-24(4)45/h9-18,27-29,31-34,36,46-48,53H,2,8,19-21H2,1,3-7H3,(H,44,50)/t27-,28-,29+,31-,32+,33+,34-,36-,41+,42-,43+/m0/s1. The second kappa shape index (κ2) is 15.2. The smallest absolute Gasteiger partial charge is 0.338 e. The maximum atomic E-state index is 14.9. The summed E-state index contributed by atoms with van der Waals surface area (Å²) in [6.45, 7) is 12.4. The predicted molar refractivity (Wildman–Crippen MR) is 202 cm³/mol. The Bertz CT molecular complexity index is 1980. The summed E-state index contributed by atoms with van der Waals surface area (Å²) in [6.07, 6.45) is -10.1. The van der Waals surface area contributed by atoms with E-state index in [-0.39, 0.29) is 35.3 Å². The number of hydrogen-bond acceptors (Lipinski definition) is 13. The summed E-state index contributed by atoms with van der Waals surface area (Å²) in [7, 11) is 0. The zero-order valence-electron chi connectivity index (χ0n) is 32.9. The lowest BCUT2D eigenvalue weighted by Crippen LogP contribution is -2.81. The molecular weight excluding hydrogens is 738 g/mol. The normalized spacial score (nSPS) is 33.8. The van der Waals surface area contributed by atoms with Crippen molar-refractivity contribution in [1.29, 1.82) is 0 Å². The fraction of sp³-hybridized carbons (Fsp3) is 0.512. The van der Waals surface area contributed by atoms with E-state index in [9.17, 15) is 44.4 Å². The van der Waals surface area contributed by atoms with Crippen LogP contribution in [0.5, 0.6) is 0 Å². The molecule has 4 aliphatic rings. The van der Waals surface area contributed by atoms with Crippen LogP contribution in [0, 0.1) is 16.7 Å². The highest BCUT2D eigenvalue weighted by Gasteiger charge is 2.78. The number of esters is 3. The number of rotatable bonds is 10. The molecule has 0 radical (unpaired) electrons. The van der Waals surface area contributed by atoms with Gasteiger partial charge in [-0.25, -0.2) is 9.59 Å². The van der Waals surface area contributed by atoms with Crippen LogP contribution in [0.3, 0.4) is 0 Å². The number of amides is 1. The zero-order valence-corrected chi connectivity index (χ0v) is 32.9. The Hall–Kier alpha value is -4.73. The summed E-state index contributed by atoms with van der Waals surface area (Å²) in [6, 6.07) is 14.8. The molecule has 0 aromatic heterocycles. The summed E-state index contributed by atoms with van der Waals surface area (Å²) in [4.78, 5) is 68.9. The van der Waals surface area contributed by atoms with Gasteiger partial charge in [-0.15, -0.1) is 0 Å². The number of ether oxygens (including phenoxy) is 4. The van der Waals surface area contributed by atoms with Gasteiger partial charge in [0, 0.05) is 30.8 Å². The van der Waals surface area contributed by atoms with Crippen LogP contribution in [0.1, 0.15) is 82.8 Å². The van der Waals surface area contributed by atoms with Gasteiger partial charge in [-0.1, -0.05) is 75.9 Å². The highest BCUT2D eigenvalue weighted by atomic mass is 16.6. The van der Waals surface area contributed by atoms with Crippen LogP contribution in [0.25, 0.3) is 0 Å². The van der Waals surface area contributed by atoms with E-state index in [0.717, 1.165) is 6.92 Å². The Morgan fingerprint density at radius 3 is 2.18 bits per heavy atom. The van der Waals surface area contributed by atoms with Gasteiger partial charge in [0.05, 0.1) is 35.6 Å². The van der Waals surface area contributed by atoms with E-state index in [2.05, 4.69) is 11.9 Å². The van der Waals surface area contributed by atoms with Gasteiger partial charge in [0.1, 0.15) is 30.0 Å². The van der Waals surface area contributed by atoms with E-state index in [0.29, 0.717) is 12.0 Å². The first-order valence-electron chi connectivity index (χ1n) is 19.1. The Labute approximate surface area is 330 Å². The quantitative estimate of drug-likeness (QED) is 0.102. The van der Waals surface area contributed by atoms with Crippen molar-refractivity contribution < 1.29 is 63.3 Å². The van der Waals surface area contributed by atoms with E-state index in [1.54, 1.807) is 69.3 Å². The molecule has 2 bridgehead atoms. The molecule has 306 valence electrons. The fourth-order valence-electron chi connectivity index (χ4n) is 9.53. The SMILES string of the molecule is C=C(CC)C(=O)N[C@@H](c1ccccc1)[C@@H](O)C(=O)O[C@H]1C[C@@]2(O)[C@@H](OC(=O)c3ccccc3)[C@@H]3[C@]4(OC(C)=O)CO[C@@H]4C[C@H](O)[C@@]3(C)C(=O)[C@H](O)C(=C1C)C2(C)C. The van der Waals surface area contributed by atoms with Crippen molar-refractivity contribution in [2.45, 2.75) is 115 Å². The lowest BCUT2D eigenvalue weighted by atomic mass is 9.44. The number of carbonyl (C=O) groups is 5. The number of benzene rings is 2. The van der Waals surface area contributed by atoms with Crippen LogP contribution in [0.4, 0.5) is 0 Å². The van der Waals surface area contributed by atoms with Gasteiger partial charge in [-0.3, -0.25) is 14.4 Å². The van der Waals surface area contributed by atoms with Crippen molar-refractivity contribution in [1.82, 2.24) is 5.32 Å². The Balaban J connectivity index is 1.50. The van der Waals surface area contributed by atoms with Gasteiger partial charge in [0.15, 0.2) is 17.5 Å². The molecule has 2 aromatic carbocycles. The number of Topliss-reactive ketones (excluding diaryl/α,β-unsaturated/α-hetero) is 1. The lowest BCUT2D eigenvalue weighted by Gasteiger charge is -2.67. The number of hydrogen-bond donors (Lipinski definition) is 5. The van der Waals surface area contributed by atoms with E-state index in [1.807, 2.05) is 0 Å². The molecule has 0 spiro atoms. The number of ketones is 1. The number of aliphatic hydroxyl groups excluding tert-OH is 3. The van der Waals surface area contributed by atoms with Crippen LogP contribution < -0.4 is 5.32 Å². The second-order valence-electron chi connectivity index (χ2n) is 16.4. The predicted octanol–water partition coefficient (Wildman–Crippen LogP) is 2.82. The van der Waals surface area contributed by atoms with Crippen molar-refractivity contribution in [3.05, 3.63) is 95.1 Å². The average Bonchev–Trinajstić information content (AvgIpc) is 3.18. The maximum Gasteiger partial charge on any atom is 0.338 e. The first kappa shape index (κ1) is 41.9. The third-order valence-corrected chi connectivity index (χ3v) is 12.9. The molecule has 2 saturated carbocycles. The molecule has 57 heavy (non-hydrogen) atoms. The molecule has 0 unspecified atom stereocenters. The van der Waals surface area contributed by atoms with E-state index in [1.165, 1.54) is 26.0 Å². The molecule has 1 amide bonds. The number of nitrogens with one attached hydrogen (secondary N) is 1. The van der Waals surface area contributed by atoms with Crippen LogP contribution in [-0.4, -0.2) is 104 Å². The number of carbonyl (C=O) groups excluding carboxylic acids is 5. The molecular formula is C43H51NO13. The van der Waals surface area contributed by atoms with Crippen molar-refractivity contribution in [2.75, 3.05) is 6.61 Å². The van der Waals surface area contributed by atoms with Crippen LogP contribution >= 0.6 is 0 Å². The maximum absolute atomic E-state index is 14.9. The minimum Gasteiger partial charge on any atom is -0.456 e. The molecule has 1 heterocycles. The monoisotopic (exact) mass is 789 g/mol. The molecule has 11 atom stereocenters. The van der Waals surface area contributed by atoms with Crippen molar-refractivity contribution in [2.24, 2.45) is 16.7 Å². The summed E-state index contributed by atoms with van der Waals surface area (Å²) in [5.74, 6) is -5.91. The minimum absolute atomic E-state index is 0.0538. The molecule has 14 nitrogen and oxygen atoms in total. The molecule has 3 fully saturated rings. The summed E-state index contributed by atoms with van der Waals surface area (Å²) < 4.78 is 24.1. The number of aliphatic hydroxyl groups is 4. The molecule has 1 saturated heterocycles. The van der Waals surface area contributed by atoms with Gasteiger partial charge in [0.25, 0.3) is 0 Å². The van der Waals surface area contributed by atoms with Gasteiger partial charge < -0.3 is 44.7 Å². The lowest BCUT2D eigenvalue weighted by molar-refractivity contribution is -0.346. The third kappa shape index (κ3) is 6.70. The topological polar surface area (TPSA) is 215 Å². The fourth-order valence-corrected chi connectivity index (χ4v) is 9.53. The van der Waals surface area contributed by atoms with Crippen LogP contribution in [0.15, 0.2) is 84.0 Å². The Morgan fingerprint density at radius 1 is 1.00 bits per heavy atom. The van der Waals surface area contributed by atoms with Crippen molar-refractivity contribution >= 4 is 29.6 Å². The molecule has 1 aliphatic heterocycles.